The van der Waals surface area contributed by atoms with Gasteiger partial charge < -0.3 is 25.2 Å². The summed E-state index contributed by atoms with van der Waals surface area (Å²) in [5.74, 6) is -2.69. The summed E-state index contributed by atoms with van der Waals surface area (Å²) in [6, 6.07) is -1.55. The quantitative estimate of drug-likeness (QED) is 0.0230. The van der Waals surface area contributed by atoms with Gasteiger partial charge in [-0.15, -0.1) is 0 Å². The van der Waals surface area contributed by atoms with Gasteiger partial charge in [-0.1, -0.05) is 195 Å². The lowest BCUT2D eigenvalue weighted by molar-refractivity contribution is -0.160. The summed E-state index contributed by atoms with van der Waals surface area (Å²) in [7, 11) is -4.77. The highest BCUT2D eigenvalue weighted by molar-refractivity contribution is 7.47. The van der Waals surface area contributed by atoms with Gasteiger partial charge in [-0.2, -0.15) is 0 Å². The van der Waals surface area contributed by atoms with Crippen molar-refractivity contribution in [2.24, 2.45) is 5.73 Å². The molecule has 0 aliphatic rings. The van der Waals surface area contributed by atoms with Crippen molar-refractivity contribution in [2.45, 2.75) is 187 Å². The number of carbonyl (C=O) groups excluding carboxylic acids is 2. The summed E-state index contributed by atoms with van der Waals surface area (Å²) in [5, 5.41) is 8.90. The van der Waals surface area contributed by atoms with Gasteiger partial charge in [-0.25, -0.2) is 4.57 Å². The molecule has 0 aliphatic heterocycles. The zero-order valence-corrected chi connectivity index (χ0v) is 39.8. The molecule has 0 rings (SSSR count). The molecule has 0 aromatic rings. The van der Waals surface area contributed by atoms with Crippen molar-refractivity contribution in [3.8, 4) is 0 Å². The van der Waals surface area contributed by atoms with Gasteiger partial charge in [0.2, 0.25) is 0 Å². The maximum absolute atomic E-state index is 12.6. The van der Waals surface area contributed by atoms with E-state index < -0.39 is 57.7 Å². The van der Waals surface area contributed by atoms with Gasteiger partial charge in [0, 0.05) is 0 Å². The fraction of sp³-hybridized carbons (Fsp3) is 0.627. The first-order valence-corrected chi connectivity index (χ1v) is 25.3. The van der Waals surface area contributed by atoms with E-state index in [1.165, 1.54) is 96.3 Å². The molecule has 11 nitrogen and oxygen atoms in total. The van der Waals surface area contributed by atoms with Crippen molar-refractivity contribution in [1.29, 1.82) is 0 Å². The summed E-state index contributed by atoms with van der Waals surface area (Å²) in [6.45, 7) is 2.61. The molecule has 0 spiro atoms. The lowest BCUT2D eigenvalue weighted by Gasteiger charge is -2.20. The third-order valence-electron chi connectivity index (χ3n) is 9.62. The van der Waals surface area contributed by atoms with Crippen molar-refractivity contribution in [1.82, 2.24) is 0 Å². The summed E-state index contributed by atoms with van der Waals surface area (Å²) < 4.78 is 32.5. The zero-order chi connectivity index (χ0) is 46.3. The minimum absolute atomic E-state index is 0.0301. The zero-order valence-electron chi connectivity index (χ0n) is 38.9. The number of allylic oxidation sites excluding steroid dienone is 14. The van der Waals surface area contributed by atoms with Gasteiger partial charge in [0.25, 0.3) is 0 Å². The molecule has 0 heterocycles. The van der Waals surface area contributed by atoms with Gasteiger partial charge in [0.15, 0.2) is 6.10 Å². The minimum atomic E-state index is -4.77. The Balaban J connectivity index is 4.58. The predicted molar refractivity (Wildman–Crippen MR) is 258 cm³/mol. The Labute approximate surface area is 381 Å². The number of carboxylic acids is 1. The highest BCUT2D eigenvalue weighted by Crippen LogP contribution is 2.43. The second-order valence-corrected chi connectivity index (χ2v) is 17.0. The van der Waals surface area contributed by atoms with E-state index in [1.54, 1.807) is 12.2 Å². The minimum Gasteiger partial charge on any atom is -0.480 e. The van der Waals surface area contributed by atoms with Crippen molar-refractivity contribution >= 4 is 25.7 Å². The number of phosphoric acid groups is 1. The molecule has 1 unspecified atom stereocenters. The van der Waals surface area contributed by atoms with Crippen LogP contribution in [0.5, 0.6) is 0 Å². The van der Waals surface area contributed by atoms with Crippen LogP contribution in [0.25, 0.3) is 0 Å². The van der Waals surface area contributed by atoms with Gasteiger partial charge >= 0.3 is 25.7 Å². The molecular weight excluding hydrogens is 818 g/mol. The molecule has 0 fully saturated rings. The molecular formula is C51H84NO10P. The van der Waals surface area contributed by atoms with E-state index in [0.717, 1.165) is 38.5 Å². The van der Waals surface area contributed by atoms with Crippen molar-refractivity contribution < 1.29 is 47.5 Å². The number of phosphoric ester groups is 1. The number of hydrogen-bond acceptors (Lipinski definition) is 9. The molecule has 0 radical (unpaired) electrons. The number of hydrogen-bond donors (Lipinski definition) is 3. The average Bonchev–Trinajstić information content (AvgIpc) is 3.26. The summed E-state index contributed by atoms with van der Waals surface area (Å²) in [4.78, 5) is 45.9. The van der Waals surface area contributed by atoms with Crippen LogP contribution in [0.2, 0.25) is 0 Å². The van der Waals surface area contributed by atoms with E-state index in [9.17, 15) is 23.8 Å². The van der Waals surface area contributed by atoms with Crippen molar-refractivity contribution in [3.63, 3.8) is 0 Å². The predicted octanol–water partition coefficient (Wildman–Crippen LogP) is 13.2. The molecule has 0 aromatic carbocycles. The van der Waals surface area contributed by atoms with Crippen molar-refractivity contribution in [2.75, 3.05) is 19.8 Å². The fourth-order valence-electron chi connectivity index (χ4n) is 5.89. The average molecular weight is 902 g/mol. The third kappa shape index (κ3) is 44.8. The smallest absolute Gasteiger partial charge is 0.472 e. The van der Waals surface area contributed by atoms with Crippen LogP contribution in [0.1, 0.15) is 174 Å². The van der Waals surface area contributed by atoms with Gasteiger partial charge in [0.1, 0.15) is 12.6 Å². The molecule has 0 amide bonds. The van der Waals surface area contributed by atoms with Crippen LogP contribution < -0.4 is 5.73 Å². The maximum Gasteiger partial charge on any atom is 0.472 e. The number of carbonyl (C=O) groups is 3. The van der Waals surface area contributed by atoms with E-state index in [2.05, 4.69) is 73.1 Å². The number of nitrogens with two attached hydrogens (primary N) is 1. The highest BCUT2D eigenvalue weighted by Gasteiger charge is 2.28. The van der Waals surface area contributed by atoms with Crippen LogP contribution >= 0.6 is 7.82 Å². The summed E-state index contributed by atoms with van der Waals surface area (Å²) >= 11 is 0. The molecule has 358 valence electrons. The second kappa shape index (κ2) is 45.0. The van der Waals surface area contributed by atoms with E-state index in [4.69, 9.17) is 24.8 Å². The molecule has 0 aromatic heterocycles. The standard InChI is InChI=1S/C51H84NO10P/c1-3-5-7-9-11-13-15-17-19-21-23-25-26-28-30-32-34-36-38-40-42-49(53)59-44-47(45-60-63(57,58)61-46-48(52)51(55)56)62-50(54)43-41-39-37-35-33-31-29-27-24-22-20-18-16-14-12-10-8-6-4-2/h20-23,26-29,32-35,38-41,47-48H,3-19,24-25,30-31,36-37,42-46,52H2,1-2H3,(H,55,56)(H,57,58)/t47-,48+/m1/s1. The first-order chi connectivity index (χ1) is 30.6. The molecule has 4 N–H and O–H groups in total. The maximum atomic E-state index is 12.6. The van der Waals surface area contributed by atoms with Gasteiger partial charge in [-0.3, -0.25) is 23.4 Å². The Hall–Kier alpha value is -3.60. The number of esters is 2. The number of ether oxygens (including phenoxy) is 2. The first kappa shape index (κ1) is 59.4. The molecule has 0 aliphatic carbocycles. The van der Waals surface area contributed by atoms with Crippen LogP contribution in [0.4, 0.5) is 0 Å². The normalized spacial score (nSPS) is 14.5. The van der Waals surface area contributed by atoms with E-state index in [-0.39, 0.29) is 12.8 Å². The van der Waals surface area contributed by atoms with Crippen LogP contribution in [0.3, 0.4) is 0 Å². The van der Waals surface area contributed by atoms with Crippen LogP contribution in [-0.2, 0) is 37.5 Å². The third-order valence-corrected chi connectivity index (χ3v) is 10.6. The lowest BCUT2D eigenvalue weighted by Crippen LogP contribution is -2.34. The SMILES string of the molecule is CCCCCCCCCC=CCC=CCC=CCC=CCC(=O)O[C@H](COC(=O)CC=CCC=CCC=CCC=CCCCCCCCCCC)COP(=O)(O)OC[C@H](N)C(=O)O. The Morgan fingerprint density at radius 3 is 1.25 bits per heavy atom. The molecule has 12 heteroatoms. The topological polar surface area (TPSA) is 172 Å². The van der Waals surface area contributed by atoms with Crippen molar-refractivity contribution in [3.05, 3.63) is 97.2 Å². The molecule has 3 atom stereocenters. The van der Waals surface area contributed by atoms with Crippen LogP contribution in [-0.4, -0.2) is 59.9 Å². The first-order valence-electron chi connectivity index (χ1n) is 23.8. The number of aliphatic carboxylic acids is 1. The molecule has 0 saturated heterocycles. The largest absolute Gasteiger partial charge is 0.480 e. The van der Waals surface area contributed by atoms with Crippen LogP contribution in [0, 0.1) is 0 Å². The summed E-state index contributed by atoms with van der Waals surface area (Å²) in [5.41, 5.74) is 5.33. The van der Waals surface area contributed by atoms with E-state index in [0.29, 0.717) is 12.8 Å². The molecule has 0 bridgehead atoms. The molecule has 0 saturated carbocycles. The second-order valence-electron chi connectivity index (χ2n) is 15.6. The van der Waals surface area contributed by atoms with Gasteiger partial charge in [-0.05, 0) is 64.2 Å². The van der Waals surface area contributed by atoms with Gasteiger partial charge in [0.05, 0.1) is 26.1 Å². The fourth-order valence-corrected chi connectivity index (χ4v) is 6.67. The highest BCUT2D eigenvalue weighted by atomic mass is 31.2. The lowest BCUT2D eigenvalue weighted by atomic mass is 10.1. The Kier molecular flexibility index (Phi) is 42.4. The summed E-state index contributed by atoms with van der Waals surface area (Å²) in [6.07, 6.45) is 58.2. The number of carboxylic acid groups (broad SMARTS) is 1. The Bertz CT molecular complexity index is 1430. The number of rotatable bonds is 43. The van der Waals surface area contributed by atoms with E-state index >= 15 is 0 Å². The van der Waals surface area contributed by atoms with Crippen LogP contribution in [0.15, 0.2) is 97.2 Å². The Morgan fingerprint density at radius 1 is 0.492 bits per heavy atom. The Morgan fingerprint density at radius 2 is 0.841 bits per heavy atom. The molecule has 63 heavy (non-hydrogen) atoms. The monoisotopic (exact) mass is 902 g/mol. The number of unbranched alkanes of at least 4 members (excludes halogenated alkanes) is 15. The van der Waals surface area contributed by atoms with E-state index in [1.807, 2.05) is 30.4 Å².